The van der Waals surface area contributed by atoms with E-state index >= 15 is 0 Å². The van der Waals surface area contributed by atoms with Crippen molar-refractivity contribution >= 4 is 17.4 Å². The first-order valence-electron chi connectivity index (χ1n) is 9.21. The maximum atomic E-state index is 14.2. The number of furan rings is 1. The second-order valence-corrected chi connectivity index (χ2v) is 6.77. The number of likely N-dealkylation sites (tertiary alicyclic amines) is 1. The highest BCUT2D eigenvalue weighted by molar-refractivity contribution is 6.46. The summed E-state index contributed by atoms with van der Waals surface area (Å²) in [7, 11) is 1.33. The van der Waals surface area contributed by atoms with Gasteiger partial charge >= 0.3 is 0 Å². The molecule has 0 unspecified atom stereocenters. The number of nitrogens with zero attached hydrogens (tertiary/aromatic N) is 1. The summed E-state index contributed by atoms with van der Waals surface area (Å²) in [4.78, 5) is 27.1. The van der Waals surface area contributed by atoms with Crippen molar-refractivity contribution in [3.8, 4) is 5.75 Å². The zero-order valence-electron chi connectivity index (χ0n) is 16.0. The Morgan fingerprint density at radius 3 is 2.53 bits per heavy atom. The van der Waals surface area contributed by atoms with E-state index in [9.17, 15) is 19.1 Å². The van der Waals surface area contributed by atoms with Crippen LogP contribution in [0.15, 0.2) is 76.9 Å². The number of aliphatic hydroxyl groups excluding tert-OH is 1. The Morgan fingerprint density at radius 1 is 1.13 bits per heavy atom. The Bertz CT molecular complexity index is 1120. The van der Waals surface area contributed by atoms with Crippen molar-refractivity contribution in [2.75, 3.05) is 7.11 Å². The van der Waals surface area contributed by atoms with Crippen molar-refractivity contribution < 1.29 is 28.2 Å². The van der Waals surface area contributed by atoms with Gasteiger partial charge in [0.15, 0.2) is 11.6 Å². The number of halogens is 1. The van der Waals surface area contributed by atoms with E-state index in [0.29, 0.717) is 11.3 Å². The number of amides is 1. The van der Waals surface area contributed by atoms with Crippen LogP contribution in [0.1, 0.15) is 22.9 Å². The maximum absolute atomic E-state index is 14.2. The minimum absolute atomic E-state index is 0.00410. The lowest BCUT2D eigenvalue weighted by molar-refractivity contribution is -0.140. The number of carbonyl (C=O) groups excluding carboxylic acids is 2. The maximum Gasteiger partial charge on any atom is 0.296 e. The Hall–Kier alpha value is -3.87. The normalized spacial score (nSPS) is 18.1. The van der Waals surface area contributed by atoms with Gasteiger partial charge < -0.3 is 19.2 Å². The monoisotopic (exact) mass is 407 g/mol. The molecule has 1 fully saturated rings. The molecule has 1 aliphatic heterocycles. The summed E-state index contributed by atoms with van der Waals surface area (Å²) in [6, 6.07) is 15.2. The second kappa shape index (κ2) is 7.87. The van der Waals surface area contributed by atoms with Crippen LogP contribution < -0.4 is 4.74 Å². The minimum atomic E-state index is -0.846. The highest BCUT2D eigenvalue weighted by atomic mass is 19.1. The number of rotatable bonds is 5. The molecular weight excluding hydrogens is 389 g/mol. The molecule has 1 aromatic heterocycles. The molecule has 152 valence electrons. The minimum Gasteiger partial charge on any atom is -0.507 e. The number of hydrogen-bond donors (Lipinski definition) is 1. The number of Topliss-reactive ketones (excluding diaryl/α,β-unsaturated/α-hetero) is 1. The van der Waals surface area contributed by atoms with Gasteiger partial charge in [-0.25, -0.2) is 4.39 Å². The molecule has 1 atom stereocenters. The molecule has 4 rings (SSSR count). The van der Waals surface area contributed by atoms with Crippen LogP contribution in [0.25, 0.3) is 5.76 Å². The van der Waals surface area contributed by atoms with Crippen LogP contribution in [0, 0.1) is 5.82 Å². The largest absolute Gasteiger partial charge is 0.507 e. The number of carbonyl (C=O) groups is 2. The molecular formula is C23H18FNO5. The van der Waals surface area contributed by atoms with Gasteiger partial charge in [0.05, 0.1) is 31.5 Å². The SMILES string of the molecule is COc1ccc(C(O)=C2C(=O)C(=O)N(Cc3ccco3)[C@@H]2c2ccccc2)cc1F. The van der Waals surface area contributed by atoms with E-state index in [-0.39, 0.29) is 23.4 Å². The first-order chi connectivity index (χ1) is 14.5. The summed E-state index contributed by atoms with van der Waals surface area (Å²) in [6.07, 6.45) is 1.48. The fourth-order valence-corrected chi connectivity index (χ4v) is 3.56. The van der Waals surface area contributed by atoms with Crippen LogP contribution in [-0.2, 0) is 16.1 Å². The van der Waals surface area contributed by atoms with Crippen molar-refractivity contribution in [3.05, 3.63) is 95.2 Å². The van der Waals surface area contributed by atoms with E-state index < -0.39 is 29.3 Å². The molecule has 1 N–H and O–H groups in total. The molecule has 1 saturated heterocycles. The predicted molar refractivity (Wildman–Crippen MR) is 106 cm³/mol. The number of methoxy groups -OCH3 is 1. The van der Waals surface area contributed by atoms with Crippen molar-refractivity contribution in [2.45, 2.75) is 12.6 Å². The number of ketones is 1. The van der Waals surface area contributed by atoms with E-state index in [0.717, 1.165) is 6.07 Å². The third kappa shape index (κ3) is 3.34. The van der Waals surface area contributed by atoms with Crippen LogP contribution in [0.5, 0.6) is 5.75 Å². The zero-order valence-corrected chi connectivity index (χ0v) is 16.0. The number of hydrogen-bond acceptors (Lipinski definition) is 5. The summed E-state index contributed by atoms with van der Waals surface area (Å²) in [5.74, 6) is -2.26. The van der Waals surface area contributed by atoms with Crippen LogP contribution in [0.3, 0.4) is 0 Å². The lowest BCUT2D eigenvalue weighted by Gasteiger charge is -2.24. The molecule has 0 aliphatic carbocycles. The average Bonchev–Trinajstić information content (AvgIpc) is 3.36. The molecule has 2 aromatic carbocycles. The smallest absolute Gasteiger partial charge is 0.296 e. The molecule has 6 nitrogen and oxygen atoms in total. The third-order valence-corrected chi connectivity index (χ3v) is 4.99. The molecule has 0 bridgehead atoms. The molecule has 1 aliphatic rings. The fourth-order valence-electron chi connectivity index (χ4n) is 3.56. The van der Waals surface area contributed by atoms with Crippen molar-refractivity contribution in [1.82, 2.24) is 4.90 Å². The van der Waals surface area contributed by atoms with Crippen LogP contribution >= 0.6 is 0 Å². The molecule has 7 heteroatoms. The van der Waals surface area contributed by atoms with Gasteiger partial charge in [-0.2, -0.15) is 0 Å². The quantitative estimate of drug-likeness (QED) is 0.392. The van der Waals surface area contributed by atoms with E-state index in [1.165, 1.54) is 30.4 Å². The van der Waals surface area contributed by atoms with Gasteiger partial charge in [-0.05, 0) is 35.9 Å². The standard InChI is InChI=1S/C23H18FNO5/c1-29-18-10-9-15(12-17(18)24)21(26)19-20(14-6-3-2-4-7-14)25(23(28)22(19)27)13-16-8-5-11-30-16/h2-12,20,26H,13H2,1H3/t20-/m1/s1. The summed E-state index contributed by atoms with van der Waals surface area (Å²) in [5, 5.41) is 10.9. The molecule has 0 saturated carbocycles. The van der Waals surface area contributed by atoms with Gasteiger partial charge in [0.1, 0.15) is 11.5 Å². The van der Waals surface area contributed by atoms with Gasteiger partial charge in [0, 0.05) is 5.56 Å². The number of ether oxygens (including phenoxy) is 1. The first-order valence-corrected chi connectivity index (χ1v) is 9.21. The van der Waals surface area contributed by atoms with Crippen molar-refractivity contribution in [1.29, 1.82) is 0 Å². The molecule has 0 radical (unpaired) electrons. The highest BCUT2D eigenvalue weighted by Crippen LogP contribution is 2.40. The number of benzene rings is 2. The molecule has 30 heavy (non-hydrogen) atoms. The lowest BCUT2D eigenvalue weighted by atomic mass is 9.95. The van der Waals surface area contributed by atoms with Crippen LogP contribution in [-0.4, -0.2) is 28.8 Å². The summed E-state index contributed by atoms with van der Waals surface area (Å²) in [6.45, 7) is 0.0465. The number of aliphatic hydroxyl groups is 1. The van der Waals surface area contributed by atoms with Gasteiger partial charge in [-0.15, -0.1) is 0 Å². The lowest BCUT2D eigenvalue weighted by Crippen LogP contribution is -2.29. The predicted octanol–water partition coefficient (Wildman–Crippen LogP) is 4.05. The van der Waals surface area contributed by atoms with Gasteiger partial charge in [-0.1, -0.05) is 30.3 Å². The Kier molecular flexibility index (Phi) is 5.10. The van der Waals surface area contributed by atoms with E-state index in [1.54, 1.807) is 42.5 Å². The van der Waals surface area contributed by atoms with E-state index in [4.69, 9.17) is 9.15 Å². The Labute approximate surface area is 171 Å². The first kappa shape index (κ1) is 19.4. The van der Waals surface area contributed by atoms with Gasteiger partial charge in [0.2, 0.25) is 0 Å². The van der Waals surface area contributed by atoms with Crippen LogP contribution in [0.2, 0.25) is 0 Å². The van der Waals surface area contributed by atoms with Crippen molar-refractivity contribution in [2.24, 2.45) is 0 Å². The zero-order chi connectivity index (χ0) is 21.3. The molecule has 0 spiro atoms. The Morgan fingerprint density at radius 2 is 1.90 bits per heavy atom. The van der Waals surface area contributed by atoms with Gasteiger partial charge in [-0.3, -0.25) is 9.59 Å². The summed E-state index contributed by atoms with van der Waals surface area (Å²) < 4.78 is 24.4. The second-order valence-electron chi connectivity index (χ2n) is 6.77. The third-order valence-electron chi connectivity index (χ3n) is 4.99. The summed E-state index contributed by atoms with van der Waals surface area (Å²) in [5.41, 5.74) is 0.603. The van der Waals surface area contributed by atoms with Crippen LogP contribution in [0.4, 0.5) is 4.39 Å². The molecule has 1 amide bonds. The summed E-state index contributed by atoms with van der Waals surface area (Å²) >= 11 is 0. The van der Waals surface area contributed by atoms with Gasteiger partial charge in [0.25, 0.3) is 11.7 Å². The topological polar surface area (TPSA) is 80.0 Å². The highest BCUT2D eigenvalue weighted by Gasteiger charge is 2.46. The molecule has 2 heterocycles. The van der Waals surface area contributed by atoms with E-state index in [1.807, 2.05) is 0 Å². The van der Waals surface area contributed by atoms with Crippen molar-refractivity contribution in [3.63, 3.8) is 0 Å². The Balaban J connectivity index is 1.85. The molecule has 3 aromatic rings. The van der Waals surface area contributed by atoms with E-state index in [2.05, 4.69) is 0 Å². The average molecular weight is 407 g/mol. The fraction of sp³-hybridized carbons (Fsp3) is 0.130.